The van der Waals surface area contributed by atoms with Crippen molar-refractivity contribution < 1.29 is 9.90 Å². The summed E-state index contributed by atoms with van der Waals surface area (Å²) in [5, 5.41) is 13.4. The SMILES string of the molecule is CC(C)CC(O)CNC(=O)c1c[nH]c2ccccc12. The summed E-state index contributed by atoms with van der Waals surface area (Å²) in [5.74, 6) is 0.264. The molecular formula is C15H20N2O2. The summed E-state index contributed by atoms with van der Waals surface area (Å²) in [6.45, 7) is 4.38. The zero-order chi connectivity index (χ0) is 13.8. The number of benzene rings is 1. The lowest BCUT2D eigenvalue weighted by molar-refractivity contribution is 0.0902. The molecule has 0 saturated heterocycles. The van der Waals surface area contributed by atoms with Crippen LogP contribution in [0.2, 0.25) is 0 Å². The van der Waals surface area contributed by atoms with Crippen LogP contribution in [0.3, 0.4) is 0 Å². The number of H-pyrrole nitrogens is 1. The zero-order valence-corrected chi connectivity index (χ0v) is 11.3. The van der Waals surface area contributed by atoms with Gasteiger partial charge in [0.2, 0.25) is 0 Å². The number of carbonyl (C=O) groups excluding carboxylic acids is 1. The molecule has 0 bridgehead atoms. The first-order valence-electron chi connectivity index (χ1n) is 6.60. The van der Waals surface area contributed by atoms with E-state index in [1.807, 2.05) is 38.1 Å². The van der Waals surface area contributed by atoms with E-state index >= 15 is 0 Å². The van der Waals surface area contributed by atoms with E-state index < -0.39 is 6.10 Å². The van der Waals surface area contributed by atoms with Crippen LogP contribution in [0.15, 0.2) is 30.5 Å². The number of hydrogen-bond acceptors (Lipinski definition) is 2. The Morgan fingerprint density at radius 3 is 2.84 bits per heavy atom. The van der Waals surface area contributed by atoms with E-state index in [0.717, 1.165) is 10.9 Å². The zero-order valence-electron chi connectivity index (χ0n) is 11.3. The summed E-state index contributed by atoms with van der Waals surface area (Å²) in [4.78, 5) is 15.1. The van der Waals surface area contributed by atoms with Gasteiger partial charge in [0.05, 0.1) is 11.7 Å². The van der Waals surface area contributed by atoms with Crippen LogP contribution < -0.4 is 5.32 Å². The summed E-state index contributed by atoms with van der Waals surface area (Å²) in [6.07, 6.45) is 1.90. The number of aromatic amines is 1. The number of rotatable bonds is 5. The molecule has 2 aromatic rings. The number of amides is 1. The monoisotopic (exact) mass is 260 g/mol. The highest BCUT2D eigenvalue weighted by Crippen LogP contribution is 2.17. The molecule has 0 fully saturated rings. The number of nitrogens with one attached hydrogen (secondary N) is 2. The van der Waals surface area contributed by atoms with Gasteiger partial charge in [-0.05, 0) is 18.4 Å². The van der Waals surface area contributed by atoms with E-state index in [1.54, 1.807) is 6.20 Å². The molecule has 0 aliphatic heterocycles. The fourth-order valence-corrected chi connectivity index (χ4v) is 2.19. The third-order valence-electron chi connectivity index (χ3n) is 3.08. The molecule has 1 heterocycles. The van der Waals surface area contributed by atoms with Crippen molar-refractivity contribution in [1.82, 2.24) is 10.3 Å². The first-order valence-corrected chi connectivity index (χ1v) is 6.60. The van der Waals surface area contributed by atoms with Gasteiger partial charge in [-0.3, -0.25) is 4.79 Å². The summed E-state index contributed by atoms with van der Waals surface area (Å²) < 4.78 is 0. The fraction of sp³-hybridized carbons (Fsp3) is 0.400. The number of aliphatic hydroxyl groups is 1. The maximum atomic E-state index is 12.1. The van der Waals surface area contributed by atoms with E-state index in [9.17, 15) is 9.90 Å². The predicted molar refractivity (Wildman–Crippen MR) is 76.1 cm³/mol. The Morgan fingerprint density at radius 1 is 1.37 bits per heavy atom. The molecule has 1 amide bonds. The molecule has 1 atom stereocenters. The van der Waals surface area contributed by atoms with E-state index in [2.05, 4.69) is 10.3 Å². The highest BCUT2D eigenvalue weighted by Gasteiger charge is 2.13. The Labute approximate surface area is 112 Å². The molecule has 19 heavy (non-hydrogen) atoms. The van der Waals surface area contributed by atoms with Gasteiger partial charge in [0, 0.05) is 23.6 Å². The maximum Gasteiger partial charge on any atom is 0.253 e. The molecule has 0 aliphatic rings. The lowest BCUT2D eigenvalue weighted by atomic mass is 10.1. The van der Waals surface area contributed by atoms with Gasteiger partial charge >= 0.3 is 0 Å². The van der Waals surface area contributed by atoms with Crippen molar-refractivity contribution in [1.29, 1.82) is 0 Å². The minimum atomic E-state index is -0.492. The summed E-state index contributed by atoms with van der Waals surface area (Å²) in [5.41, 5.74) is 1.56. The van der Waals surface area contributed by atoms with E-state index in [0.29, 0.717) is 17.9 Å². The number of carbonyl (C=O) groups is 1. The number of fused-ring (bicyclic) bond motifs is 1. The molecule has 1 aromatic carbocycles. The second-order valence-electron chi connectivity index (χ2n) is 5.24. The van der Waals surface area contributed by atoms with Gasteiger partial charge < -0.3 is 15.4 Å². The summed E-state index contributed by atoms with van der Waals surface area (Å²) in [6, 6.07) is 7.67. The molecule has 1 unspecified atom stereocenters. The van der Waals surface area contributed by atoms with Crippen molar-refractivity contribution in [2.75, 3.05) is 6.54 Å². The van der Waals surface area contributed by atoms with Crippen LogP contribution in [0.25, 0.3) is 10.9 Å². The highest BCUT2D eigenvalue weighted by atomic mass is 16.3. The van der Waals surface area contributed by atoms with Crippen molar-refractivity contribution in [2.45, 2.75) is 26.4 Å². The second-order valence-corrected chi connectivity index (χ2v) is 5.24. The molecular weight excluding hydrogens is 240 g/mol. The van der Waals surface area contributed by atoms with Crippen LogP contribution in [0.5, 0.6) is 0 Å². The normalized spacial score (nSPS) is 12.8. The quantitative estimate of drug-likeness (QED) is 0.772. The summed E-state index contributed by atoms with van der Waals surface area (Å²) >= 11 is 0. The van der Waals surface area contributed by atoms with Crippen molar-refractivity contribution in [3.05, 3.63) is 36.0 Å². The fourth-order valence-electron chi connectivity index (χ4n) is 2.19. The van der Waals surface area contributed by atoms with Gasteiger partial charge in [0.1, 0.15) is 0 Å². The van der Waals surface area contributed by atoms with Crippen LogP contribution in [-0.2, 0) is 0 Å². The standard InChI is InChI=1S/C15H20N2O2/c1-10(2)7-11(18)8-17-15(19)13-9-16-14-6-4-3-5-12(13)14/h3-6,9-11,16,18H,7-8H2,1-2H3,(H,17,19). The molecule has 4 heteroatoms. The topological polar surface area (TPSA) is 65.1 Å². The minimum absolute atomic E-state index is 0.153. The average molecular weight is 260 g/mol. The van der Waals surface area contributed by atoms with Crippen molar-refractivity contribution >= 4 is 16.8 Å². The predicted octanol–water partition coefficient (Wildman–Crippen LogP) is 2.30. The van der Waals surface area contributed by atoms with Crippen molar-refractivity contribution in [3.8, 4) is 0 Å². The lowest BCUT2D eigenvalue weighted by Crippen LogP contribution is -2.32. The van der Waals surface area contributed by atoms with Gasteiger partial charge in [0.25, 0.3) is 5.91 Å². The number of aliphatic hydroxyl groups excluding tert-OH is 1. The molecule has 1 aromatic heterocycles. The number of hydrogen-bond donors (Lipinski definition) is 3. The van der Waals surface area contributed by atoms with Crippen molar-refractivity contribution in [3.63, 3.8) is 0 Å². The van der Waals surface area contributed by atoms with Gasteiger partial charge in [0.15, 0.2) is 0 Å². The molecule has 2 rings (SSSR count). The number of aromatic nitrogens is 1. The Balaban J connectivity index is 2.00. The van der Waals surface area contributed by atoms with Crippen LogP contribution in [0, 0.1) is 5.92 Å². The maximum absolute atomic E-state index is 12.1. The molecule has 0 spiro atoms. The highest BCUT2D eigenvalue weighted by molar-refractivity contribution is 6.06. The number of para-hydroxylation sites is 1. The van der Waals surface area contributed by atoms with Gasteiger partial charge in [-0.25, -0.2) is 0 Å². The Bertz CT molecular complexity index is 560. The molecule has 4 nitrogen and oxygen atoms in total. The van der Waals surface area contributed by atoms with Crippen LogP contribution >= 0.6 is 0 Å². The molecule has 0 radical (unpaired) electrons. The van der Waals surface area contributed by atoms with Gasteiger partial charge in [-0.2, -0.15) is 0 Å². The summed E-state index contributed by atoms with van der Waals surface area (Å²) in [7, 11) is 0. The van der Waals surface area contributed by atoms with E-state index in [-0.39, 0.29) is 12.5 Å². The molecule has 0 aliphatic carbocycles. The smallest absolute Gasteiger partial charge is 0.253 e. The third kappa shape index (κ3) is 3.35. The largest absolute Gasteiger partial charge is 0.391 e. The van der Waals surface area contributed by atoms with E-state index in [1.165, 1.54) is 0 Å². The van der Waals surface area contributed by atoms with Gasteiger partial charge in [-0.15, -0.1) is 0 Å². The Kier molecular flexibility index (Phi) is 4.22. The molecule has 0 saturated carbocycles. The Morgan fingerprint density at radius 2 is 2.11 bits per heavy atom. The Hall–Kier alpha value is -1.81. The van der Waals surface area contributed by atoms with Crippen LogP contribution in [-0.4, -0.2) is 28.6 Å². The van der Waals surface area contributed by atoms with Crippen LogP contribution in [0.4, 0.5) is 0 Å². The first kappa shape index (κ1) is 13.6. The molecule has 3 N–H and O–H groups in total. The van der Waals surface area contributed by atoms with Gasteiger partial charge in [-0.1, -0.05) is 32.0 Å². The second kappa shape index (κ2) is 5.89. The van der Waals surface area contributed by atoms with Crippen LogP contribution in [0.1, 0.15) is 30.6 Å². The van der Waals surface area contributed by atoms with E-state index in [4.69, 9.17) is 0 Å². The minimum Gasteiger partial charge on any atom is -0.391 e. The van der Waals surface area contributed by atoms with Crippen molar-refractivity contribution in [2.24, 2.45) is 5.92 Å². The first-order chi connectivity index (χ1) is 9.08. The third-order valence-corrected chi connectivity index (χ3v) is 3.08. The average Bonchev–Trinajstić information content (AvgIpc) is 2.79. The lowest BCUT2D eigenvalue weighted by Gasteiger charge is -2.13. The molecule has 102 valence electrons.